The molecule has 14 heteroatoms. The van der Waals surface area contributed by atoms with Crippen molar-refractivity contribution in [3.8, 4) is 5.75 Å². The fourth-order valence-electron chi connectivity index (χ4n) is 8.70. The van der Waals surface area contributed by atoms with E-state index in [1.165, 1.54) is 17.7 Å². The summed E-state index contributed by atoms with van der Waals surface area (Å²) >= 11 is 0. The molecule has 0 radical (unpaired) electrons. The van der Waals surface area contributed by atoms with E-state index in [-0.39, 0.29) is 59.3 Å². The summed E-state index contributed by atoms with van der Waals surface area (Å²) in [5, 5.41) is 0.561. The van der Waals surface area contributed by atoms with Gasteiger partial charge >= 0.3 is 35.5 Å². The molecule has 1 fully saturated rings. The Bertz CT molecular complexity index is 2590. The maximum atomic E-state index is 12.4. The number of ether oxygens (including phenoxy) is 2. The van der Waals surface area contributed by atoms with Gasteiger partial charge in [-0.05, 0) is 82.9 Å². The Kier molecular flexibility index (Phi) is 14.7. The van der Waals surface area contributed by atoms with Crippen LogP contribution in [0, 0.1) is 0 Å². The van der Waals surface area contributed by atoms with Gasteiger partial charge in [0.05, 0.1) is 22.5 Å². The molecule has 0 aromatic heterocycles. The van der Waals surface area contributed by atoms with Crippen molar-refractivity contribution in [1.29, 1.82) is 0 Å². The van der Waals surface area contributed by atoms with Crippen molar-refractivity contribution in [3.05, 3.63) is 125 Å². The Labute approximate surface area is 392 Å². The van der Waals surface area contributed by atoms with Crippen molar-refractivity contribution in [3.63, 3.8) is 0 Å². The first-order valence-electron chi connectivity index (χ1n) is 21.0. The van der Waals surface area contributed by atoms with E-state index in [9.17, 15) is 27.4 Å². The van der Waals surface area contributed by atoms with E-state index in [1.54, 1.807) is 13.2 Å². The minimum atomic E-state index is -4.68. The van der Waals surface area contributed by atoms with Crippen molar-refractivity contribution >= 4 is 61.9 Å². The molecule has 0 atom stereocenters. The van der Waals surface area contributed by atoms with Crippen LogP contribution in [-0.4, -0.2) is 78.4 Å². The topological polar surface area (TPSA) is 146 Å². The number of carbonyl (C=O) groups is 3. The van der Waals surface area contributed by atoms with E-state index in [2.05, 4.69) is 60.6 Å². The van der Waals surface area contributed by atoms with Gasteiger partial charge in [-0.15, -0.1) is 5.06 Å². The molecule has 0 spiro atoms. The maximum Gasteiger partial charge on any atom is 1.00 e. The summed E-state index contributed by atoms with van der Waals surface area (Å²) < 4.78 is 50.5. The number of anilines is 1. The number of amides is 2. The molecule has 63 heavy (non-hydrogen) atoms. The van der Waals surface area contributed by atoms with Crippen LogP contribution >= 0.6 is 0 Å². The number of nitrogens with zero attached hydrogens (tertiary/aromatic N) is 3. The first-order chi connectivity index (χ1) is 29.5. The van der Waals surface area contributed by atoms with E-state index in [0.29, 0.717) is 37.5 Å². The number of benzene rings is 3. The molecule has 3 aromatic carbocycles. The molecule has 7 rings (SSSR count). The number of rotatable bonds is 15. The second-order valence-electron chi connectivity index (χ2n) is 17.0. The molecule has 3 aromatic rings. The number of methoxy groups -OCH3 is 1. The molecule has 0 unspecified atom stereocenters. The van der Waals surface area contributed by atoms with Gasteiger partial charge in [0.1, 0.15) is 28.2 Å². The zero-order chi connectivity index (χ0) is 44.4. The molecular weight excluding hydrogens is 830 g/mol. The zero-order valence-electron chi connectivity index (χ0n) is 37.1. The number of unbranched alkanes of at least 4 members (excludes halogenated alkanes) is 2. The number of allylic oxidation sites excluding steroid dienone is 8. The third-order valence-electron chi connectivity index (χ3n) is 11.8. The van der Waals surface area contributed by atoms with Crippen LogP contribution in [-0.2, 0) is 39.5 Å². The fourth-order valence-corrected chi connectivity index (χ4v) is 9.19. The maximum absolute atomic E-state index is 12.4. The average Bonchev–Trinajstić information content (AvgIpc) is 3.65. The molecule has 1 saturated heterocycles. The van der Waals surface area contributed by atoms with Gasteiger partial charge in [-0.2, -0.15) is 4.58 Å². The number of hydrogen-bond donors (Lipinski definition) is 0. The molecule has 4 heterocycles. The predicted molar refractivity (Wildman–Crippen MR) is 238 cm³/mol. The van der Waals surface area contributed by atoms with Gasteiger partial charge in [0.2, 0.25) is 5.69 Å². The third kappa shape index (κ3) is 10.2. The molecule has 0 N–H and O–H groups in total. The van der Waals surface area contributed by atoms with Crippen LogP contribution in [0.3, 0.4) is 0 Å². The van der Waals surface area contributed by atoms with Gasteiger partial charge < -0.3 is 23.8 Å². The molecule has 0 saturated carbocycles. The Morgan fingerprint density at radius 2 is 1.67 bits per heavy atom. The zero-order valence-corrected chi connectivity index (χ0v) is 39.9. The van der Waals surface area contributed by atoms with Crippen molar-refractivity contribution in [2.45, 2.75) is 89.0 Å². The van der Waals surface area contributed by atoms with Gasteiger partial charge in [0.25, 0.3) is 11.8 Å². The van der Waals surface area contributed by atoms with Gasteiger partial charge in [-0.1, -0.05) is 60.7 Å². The summed E-state index contributed by atoms with van der Waals surface area (Å²) in [5.41, 5.74) is 7.88. The molecular formula is C49H53N3NaO9S+. The van der Waals surface area contributed by atoms with Crippen LogP contribution in [0.15, 0.2) is 108 Å². The average molecular weight is 883 g/mol. The largest absolute Gasteiger partial charge is 1.00 e. The van der Waals surface area contributed by atoms with E-state index < -0.39 is 33.3 Å². The molecule has 2 amide bonds. The Morgan fingerprint density at radius 3 is 2.37 bits per heavy atom. The fraction of sp³-hybridized carbons (Fsp3) is 0.347. The Balaban J connectivity index is 0.00000661. The quantitative estimate of drug-likeness (QED) is 0.0485. The number of fused-ring (bicyclic) bond motifs is 3. The van der Waals surface area contributed by atoms with E-state index in [0.717, 1.165) is 63.0 Å². The van der Waals surface area contributed by atoms with Crippen molar-refractivity contribution in [2.75, 3.05) is 31.7 Å². The summed E-state index contributed by atoms with van der Waals surface area (Å²) in [6.45, 7) is 12.4. The molecule has 0 bridgehead atoms. The van der Waals surface area contributed by atoms with Crippen LogP contribution in [0.1, 0.15) is 95.4 Å². The monoisotopic (exact) mass is 882 g/mol. The summed E-state index contributed by atoms with van der Waals surface area (Å²) in [6.07, 6.45) is 16.2. The molecule has 4 aliphatic heterocycles. The van der Waals surface area contributed by atoms with Gasteiger partial charge in [-0.25, -0.2) is 13.2 Å². The predicted octanol–water partition coefficient (Wildman–Crippen LogP) is 5.42. The van der Waals surface area contributed by atoms with Crippen molar-refractivity contribution in [2.24, 2.45) is 0 Å². The normalized spacial score (nSPS) is 18.3. The SMILES string of the molecule is COCCN1c2cc3c(cc2C(C)=CC1(C)C)C(=CC=CC=CC1=[N+](CCCCCC(=O)ON2C(=O)CCC2=O)c2ccc(S(=O)(=O)[O-])cc2C1(C)C)C=C(c1ccccc1)O3.[Na+]. The molecule has 0 aliphatic carbocycles. The summed E-state index contributed by atoms with van der Waals surface area (Å²) in [7, 11) is -2.97. The van der Waals surface area contributed by atoms with E-state index in [4.69, 9.17) is 14.3 Å². The van der Waals surface area contributed by atoms with Crippen LogP contribution in [0.5, 0.6) is 5.75 Å². The molecule has 12 nitrogen and oxygen atoms in total. The minimum absolute atomic E-state index is 0. The molecule has 324 valence electrons. The summed E-state index contributed by atoms with van der Waals surface area (Å²) in [6, 6.07) is 18.9. The standard InChI is InChI=1S/C49H53N3O9S.Na/c1-33-32-48(2,3)51(26-27-59-6)41-31-43-38(30-37(33)41)35(28-42(60-43)34-16-10-7-11-17-34)18-12-8-13-19-44-49(4,5)39-29-36(62(56,57)58)21-22-40(39)50(44)25-15-9-14-20-47(55)61-52-45(53)23-24-46(52)54;/h7-8,10-13,16-19,21-22,28-32H,9,14-15,20,23-27H2,1-6H3;/q;+1. The van der Waals surface area contributed by atoms with Crippen molar-refractivity contribution in [1.82, 2.24) is 5.06 Å². The molecule has 4 aliphatic rings. The second kappa shape index (κ2) is 19.5. The Morgan fingerprint density at radius 1 is 0.937 bits per heavy atom. The first kappa shape index (κ1) is 47.6. The van der Waals surface area contributed by atoms with Crippen molar-refractivity contribution < 1.29 is 75.8 Å². The van der Waals surface area contributed by atoms with Crippen LogP contribution < -0.4 is 39.2 Å². The van der Waals surface area contributed by atoms with Gasteiger partial charge in [-0.3, -0.25) is 9.59 Å². The van der Waals surface area contributed by atoms with Crippen LogP contribution in [0.4, 0.5) is 11.4 Å². The smallest absolute Gasteiger partial charge is 0.744 e. The minimum Gasteiger partial charge on any atom is -0.744 e. The summed E-state index contributed by atoms with van der Waals surface area (Å²) in [5.74, 6) is -0.168. The summed E-state index contributed by atoms with van der Waals surface area (Å²) in [4.78, 5) is 43.1. The van der Waals surface area contributed by atoms with Gasteiger partial charge in [0.15, 0.2) is 5.71 Å². The number of hydroxylamine groups is 2. The van der Waals surface area contributed by atoms with E-state index in [1.807, 2.05) is 68.5 Å². The first-order valence-corrected chi connectivity index (χ1v) is 22.4. The van der Waals surface area contributed by atoms with Gasteiger partial charge in [0, 0.05) is 85.5 Å². The second-order valence-corrected chi connectivity index (χ2v) is 18.4. The number of imide groups is 1. The van der Waals surface area contributed by atoms with Crippen LogP contribution in [0.25, 0.3) is 16.9 Å². The number of hydrogen-bond acceptors (Lipinski definition) is 10. The van der Waals surface area contributed by atoms with E-state index >= 15 is 0 Å². The third-order valence-corrected chi connectivity index (χ3v) is 12.7. The Hall–Kier alpha value is -4.89. The number of carbonyl (C=O) groups excluding carboxylic acids is 3. The van der Waals surface area contributed by atoms with Crippen LogP contribution in [0.2, 0.25) is 0 Å².